The van der Waals surface area contributed by atoms with Gasteiger partial charge < -0.3 is 15.2 Å². The molecule has 0 unspecified atom stereocenters. The molecule has 3 heteroatoms. The van der Waals surface area contributed by atoms with Crippen LogP contribution in [0.25, 0.3) is 0 Å². The van der Waals surface area contributed by atoms with Crippen molar-refractivity contribution in [3.8, 4) is 0 Å². The van der Waals surface area contributed by atoms with Gasteiger partial charge in [0, 0.05) is 13.7 Å². The number of methoxy groups -OCH3 is 1. The van der Waals surface area contributed by atoms with Gasteiger partial charge in [-0.05, 0) is 37.8 Å². The Hall–Kier alpha value is -0.120. The number of aliphatic hydroxyl groups is 1. The lowest BCUT2D eigenvalue weighted by atomic mass is 9.97. The van der Waals surface area contributed by atoms with Gasteiger partial charge in [-0.3, -0.25) is 0 Å². The molecule has 0 aliphatic heterocycles. The van der Waals surface area contributed by atoms with Gasteiger partial charge in [-0.1, -0.05) is 33.6 Å². The van der Waals surface area contributed by atoms with Crippen LogP contribution in [0.5, 0.6) is 0 Å². The maximum Gasteiger partial charge on any atom is 0.0562 e. The molecule has 0 saturated heterocycles. The monoisotopic (exact) mass is 245 g/mol. The van der Waals surface area contributed by atoms with Crippen molar-refractivity contribution in [1.29, 1.82) is 0 Å². The van der Waals surface area contributed by atoms with Crippen LogP contribution in [-0.2, 0) is 4.74 Å². The highest BCUT2D eigenvalue weighted by Crippen LogP contribution is 2.10. The molecule has 0 fully saturated rings. The predicted octanol–water partition coefficient (Wildman–Crippen LogP) is 2.58. The van der Waals surface area contributed by atoms with Crippen LogP contribution < -0.4 is 5.32 Å². The molecule has 0 heterocycles. The van der Waals surface area contributed by atoms with Crippen molar-refractivity contribution >= 4 is 0 Å². The van der Waals surface area contributed by atoms with Crippen LogP contribution in [0.2, 0.25) is 0 Å². The fourth-order valence-electron chi connectivity index (χ4n) is 1.67. The molecule has 0 aromatic heterocycles. The molecule has 2 N–H and O–H groups in total. The summed E-state index contributed by atoms with van der Waals surface area (Å²) in [6.45, 7) is 9.55. The third-order valence-electron chi connectivity index (χ3n) is 2.70. The second kappa shape index (κ2) is 9.86. The van der Waals surface area contributed by atoms with E-state index in [0.29, 0.717) is 12.0 Å². The minimum absolute atomic E-state index is 0.183. The molecular formula is C14H31NO2. The van der Waals surface area contributed by atoms with Crippen molar-refractivity contribution < 1.29 is 9.84 Å². The molecule has 104 valence electrons. The van der Waals surface area contributed by atoms with Crippen molar-refractivity contribution in [3.05, 3.63) is 0 Å². The molecule has 1 atom stereocenters. The number of ether oxygens (including phenoxy) is 1. The van der Waals surface area contributed by atoms with Gasteiger partial charge in [0.2, 0.25) is 0 Å². The van der Waals surface area contributed by atoms with E-state index in [0.717, 1.165) is 32.4 Å². The molecule has 0 bridgehead atoms. The van der Waals surface area contributed by atoms with Crippen LogP contribution >= 0.6 is 0 Å². The maximum absolute atomic E-state index is 9.59. The summed E-state index contributed by atoms with van der Waals surface area (Å²) in [4.78, 5) is 0. The standard InChI is InChI=1S/C14H31NO2/c1-14(2,3)12-15-10-7-5-6-8-13(16)9-11-17-4/h13,15-16H,5-12H2,1-4H3/t13-/m0/s1. The predicted molar refractivity (Wildman–Crippen MR) is 73.3 cm³/mol. The molecule has 0 saturated carbocycles. The summed E-state index contributed by atoms with van der Waals surface area (Å²) < 4.78 is 4.93. The molecule has 0 amide bonds. The molecule has 0 aliphatic carbocycles. The van der Waals surface area contributed by atoms with Crippen molar-refractivity contribution in [1.82, 2.24) is 5.32 Å². The second-order valence-electron chi connectivity index (χ2n) is 6.02. The average Bonchev–Trinajstić information content (AvgIpc) is 2.23. The molecule has 0 radical (unpaired) electrons. The molecule has 0 spiro atoms. The van der Waals surface area contributed by atoms with Crippen LogP contribution in [-0.4, -0.2) is 38.0 Å². The summed E-state index contributed by atoms with van der Waals surface area (Å²) in [5, 5.41) is 13.1. The highest BCUT2D eigenvalue weighted by molar-refractivity contribution is 4.64. The van der Waals surface area contributed by atoms with Gasteiger partial charge in [-0.25, -0.2) is 0 Å². The Balaban J connectivity index is 3.18. The van der Waals surface area contributed by atoms with Crippen LogP contribution in [0, 0.1) is 5.41 Å². The summed E-state index contributed by atoms with van der Waals surface area (Å²) in [6, 6.07) is 0. The van der Waals surface area contributed by atoms with Crippen molar-refractivity contribution in [2.45, 2.75) is 59.0 Å². The second-order valence-corrected chi connectivity index (χ2v) is 6.02. The summed E-state index contributed by atoms with van der Waals surface area (Å²) in [7, 11) is 1.67. The fourth-order valence-corrected chi connectivity index (χ4v) is 1.67. The number of rotatable bonds is 10. The van der Waals surface area contributed by atoms with Crippen LogP contribution in [0.1, 0.15) is 52.9 Å². The lowest BCUT2D eigenvalue weighted by Crippen LogP contribution is -2.27. The lowest BCUT2D eigenvalue weighted by Gasteiger charge is -2.18. The van der Waals surface area contributed by atoms with E-state index in [1.165, 1.54) is 12.8 Å². The van der Waals surface area contributed by atoms with Gasteiger partial charge in [0.1, 0.15) is 0 Å². The van der Waals surface area contributed by atoms with E-state index in [-0.39, 0.29) is 6.10 Å². The van der Waals surface area contributed by atoms with Gasteiger partial charge in [-0.2, -0.15) is 0 Å². The number of unbranched alkanes of at least 4 members (excludes halogenated alkanes) is 2. The molecule has 0 aromatic carbocycles. The smallest absolute Gasteiger partial charge is 0.0562 e. The Kier molecular flexibility index (Phi) is 9.79. The third kappa shape index (κ3) is 13.8. The summed E-state index contributed by atoms with van der Waals surface area (Å²) >= 11 is 0. The molecule has 0 rings (SSSR count). The average molecular weight is 245 g/mol. The zero-order chi connectivity index (χ0) is 13.1. The highest BCUT2D eigenvalue weighted by Gasteiger charge is 2.08. The first kappa shape index (κ1) is 16.9. The van der Waals surface area contributed by atoms with Crippen molar-refractivity contribution in [2.24, 2.45) is 5.41 Å². The first-order chi connectivity index (χ1) is 7.95. The third-order valence-corrected chi connectivity index (χ3v) is 2.70. The zero-order valence-electron chi connectivity index (χ0n) is 12.1. The minimum atomic E-state index is -0.183. The van der Waals surface area contributed by atoms with Crippen molar-refractivity contribution in [3.63, 3.8) is 0 Å². The Labute approximate surface area is 107 Å². The molecular weight excluding hydrogens is 214 g/mol. The number of aliphatic hydroxyl groups excluding tert-OH is 1. The number of hydrogen-bond donors (Lipinski definition) is 2. The van der Waals surface area contributed by atoms with Crippen molar-refractivity contribution in [2.75, 3.05) is 26.8 Å². The molecule has 3 nitrogen and oxygen atoms in total. The SMILES string of the molecule is COCC[C@@H](O)CCCCCNCC(C)(C)C. The van der Waals surface area contributed by atoms with Crippen LogP contribution in [0.4, 0.5) is 0 Å². The summed E-state index contributed by atoms with van der Waals surface area (Å²) in [5.41, 5.74) is 0.371. The minimum Gasteiger partial charge on any atom is -0.393 e. The van der Waals surface area contributed by atoms with Crippen LogP contribution in [0.15, 0.2) is 0 Å². The summed E-state index contributed by atoms with van der Waals surface area (Å²) in [5.74, 6) is 0. The normalized spacial score (nSPS) is 13.9. The van der Waals surface area contributed by atoms with E-state index in [2.05, 4.69) is 26.1 Å². The van der Waals surface area contributed by atoms with E-state index in [4.69, 9.17) is 4.74 Å². The van der Waals surface area contributed by atoms with E-state index < -0.39 is 0 Å². The zero-order valence-corrected chi connectivity index (χ0v) is 12.1. The quantitative estimate of drug-likeness (QED) is 0.581. The topological polar surface area (TPSA) is 41.5 Å². The van der Waals surface area contributed by atoms with E-state index in [9.17, 15) is 5.11 Å². The van der Waals surface area contributed by atoms with Gasteiger partial charge in [-0.15, -0.1) is 0 Å². The highest BCUT2D eigenvalue weighted by atomic mass is 16.5. The largest absolute Gasteiger partial charge is 0.393 e. The fraction of sp³-hybridized carbons (Fsp3) is 1.00. The van der Waals surface area contributed by atoms with Gasteiger partial charge in [0.15, 0.2) is 0 Å². The maximum atomic E-state index is 9.59. The van der Waals surface area contributed by atoms with Gasteiger partial charge >= 0.3 is 0 Å². The first-order valence-electron chi connectivity index (χ1n) is 6.83. The molecule has 0 aromatic rings. The Bertz CT molecular complexity index is 166. The Morgan fingerprint density at radius 3 is 2.41 bits per heavy atom. The van der Waals surface area contributed by atoms with Crippen LogP contribution in [0.3, 0.4) is 0 Å². The first-order valence-corrected chi connectivity index (χ1v) is 6.83. The Morgan fingerprint density at radius 2 is 1.82 bits per heavy atom. The van der Waals surface area contributed by atoms with Gasteiger partial charge in [0.25, 0.3) is 0 Å². The lowest BCUT2D eigenvalue weighted by molar-refractivity contribution is 0.102. The Morgan fingerprint density at radius 1 is 1.12 bits per heavy atom. The van der Waals surface area contributed by atoms with Gasteiger partial charge in [0.05, 0.1) is 6.10 Å². The van der Waals surface area contributed by atoms with E-state index in [1.54, 1.807) is 7.11 Å². The van der Waals surface area contributed by atoms with E-state index in [1.807, 2.05) is 0 Å². The summed E-state index contributed by atoms with van der Waals surface area (Å²) in [6.07, 6.45) is 5.00. The number of nitrogens with one attached hydrogen (secondary N) is 1. The van der Waals surface area contributed by atoms with E-state index >= 15 is 0 Å². The number of hydrogen-bond acceptors (Lipinski definition) is 3. The molecule has 0 aliphatic rings. The molecule has 17 heavy (non-hydrogen) atoms.